The summed E-state index contributed by atoms with van der Waals surface area (Å²) >= 11 is 0. The van der Waals surface area contributed by atoms with Gasteiger partial charge in [-0.3, -0.25) is 0 Å². The molecular weight excluding hydrogens is 222 g/mol. The maximum absolute atomic E-state index is 9.30. The zero-order valence-corrected chi connectivity index (χ0v) is 11.2. The number of allylic oxidation sites excluding steroid dienone is 1. The number of aromatic hydroxyl groups is 1. The van der Waals surface area contributed by atoms with Crippen molar-refractivity contribution in [2.24, 2.45) is 0 Å². The molecule has 0 amide bonds. The van der Waals surface area contributed by atoms with Crippen LogP contribution in [0.15, 0.2) is 35.9 Å². The first kappa shape index (κ1) is 13.2. The lowest BCUT2D eigenvalue weighted by molar-refractivity contribution is 0.473. The number of hydrogen-bond acceptors (Lipinski definition) is 2. The molecule has 0 saturated heterocycles. The van der Waals surface area contributed by atoms with Gasteiger partial charge in [-0.25, -0.2) is 0 Å². The molecule has 2 rings (SSSR count). The van der Waals surface area contributed by atoms with Crippen LogP contribution >= 0.6 is 0 Å². The summed E-state index contributed by atoms with van der Waals surface area (Å²) in [5, 5.41) is 12.9. The van der Waals surface area contributed by atoms with Crippen LogP contribution in [0.25, 0.3) is 0 Å². The van der Waals surface area contributed by atoms with Gasteiger partial charge in [0.25, 0.3) is 0 Å². The number of rotatable bonds is 6. The van der Waals surface area contributed by atoms with E-state index in [1.54, 1.807) is 17.7 Å². The topological polar surface area (TPSA) is 32.3 Å². The lowest BCUT2D eigenvalue weighted by atomic mass is 10.0. The van der Waals surface area contributed by atoms with Gasteiger partial charge in [0, 0.05) is 6.04 Å². The van der Waals surface area contributed by atoms with E-state index >= 15 is 0 Å². The summed E-state index contributed by atoms with van der Waals surface area (Å²) in [5.41, 5.74) is 2.87. The first-order valence-electron chi connectivity index (χ1n) is 7.00. The summed E-state index contributed by atoms with van der Waals surface area (Å²) in [6.07, 6.45) is 8.54. The molecule has 2 nitrogen and oxygen atoms in total. The van der Waals surface area contributed by atoms with Gasteiger partial charge in [0.05, 0.1) is 0 Å². The van der Waals surface area contributed by atoms with Crippen molar-refractivity contribution in [2.75, 3.05) is 6.54 Å². The SMILES string of the molecule is CCC(NCCC1=CCCC1)c1ccc(O)cc1. The Morgan fingerprint density at radius 1 is 1.28 bits per heavy atom. The molecule has 0 bridgehead atoms. The van der Waals surface area contributed by atoms with Gasteiger partial charge < -0.3 is 10.4 Å². The molecule has 1 aliphatic carbocycles. The molecule has 0 spiro atoms. The molecule has 2 N–H and O–H groups in total. The van der Waals surface area contributed by atoms with Gasteiger partial charge in [0.2, 0.25) is 0 Å². The second-order valence-corrected chi connectivity index (χ2v) is 5.01. The van der Waals surface area contributed by atoms with Gasteiger partial charge >= 0.3 is 0 Å². The van der Waals surface area contributed by atoms with Crippen LogP contribution in [0.2, 0.25) is 0 Å². The van der Waals surface area contributed by atoms with E-state index in [0.717, 1.165) is 13.0 Å². The fourth-order valence-corrected chi connectivity index (χ4v) is 2.58. The predicted molar refractivity (Wildman–Crippen MR) is 75.7 cm³/mol. The maximum Gasteiger partial charge on any atom is 0.115 e. The molecular formula is C16H23NO. The standard InChI is InChI=1S/C16H23NO/c1-2-16(14-7-9-15(18)10-8-14)17-12-11-13-5-3-4-6-13/h5,7-10,16-18H,2-4,6,11-12H2,1H3. The van der Waals surface area contributed by atoms with Crippen molar-refractivity contribution in [2.45, 2.75) is 45.1 Å². The number of nitrogens with one attached hydrogen (secondary N) is 1. The van der Waals surface area contributed by atoms with Gasteiger partial charge in [-0.2, -0.15) is 0 Å². The Balaban J connectivity index is 1.83. The van der Waals surface area contributed by atoms with Crippen LogP contribution in [0.1, 0.15) is 50.6 Å². The van der Waals surface area contributed by atoms with Crippen LogP contribution in [0, 0.1) is 0 Å². The van der Waals surface area contributed by atoms with Crippen LogP contribution in [-0.4, -0.2) is 11.7 Å². The highest BCUT2D eigenvalue weighted by molar-refractivity contribution is 5.28. The summed E-state index contributed by atoms with van der Waals surface area (Å²) in [5.74, 6) is 0.338. The molecule has 0 radical (unpaired) electrons. The van der Waals surface area contributed by atoms with Gasteiger partial charge in [-0.1, -0.05) is 30.7 Å². The van der Waals surface area contributed by atoms with E-state index in [4.69, 9.17) is 0 Å². The molecule has 98 valence electrons. The van der Waals surface area contributed by atoms with Crippen LogP contribution in [0.3, 0.4) is 0 Å². The molecule has 0 saturated carbocycles. The molecule has 1 aromatic rings. The van der Waals surface area contributed by atoms with E-state index in [9.17, 15) is 5.11 Å². The van der Waals surface area contributed by atoms with Crippen molar-refractivity contribution in [3.63, 3.8) is 0 Å². The number of phenolic OH excluding ortho intramolecular Hbond substituents is 1. The maximum atomic E-state index is 9.30. The van der Waals surface area contributed by atoms with Gasteiger partial charge in [0.1, 0.15) is 5.75 Å². The normalized spacial score (nSPS) is 16.6. The molecule has 18 heavy (non-hydrogen) atoms. The van der Waals surface area contributed by atoms with E-state index in [1.165, 1.54) is 31.2 Å². The smallest absolute Gasteiger partial charge is 0.115 e. The molecule has 0 fully saturated rings. The molecule has 1 atom stereocenters. The van der Waals surface area contributed by atoms with Crippen molar-refractivity contribution in [3.8, 4) is 5.75 Å². The molecule has 1 aliphatic rings. The highest BCUT2D eigenvalue weighted by Gasteiger charge is 2.09. The Hall–Kier alpha value is -1.28. The van der Waals surface area contributed by atoms with E-state index < -0.39 is 0 Å². The minimum atomic E-state index is 0.338. The van der Waals surface area contributed by atoms with E-state index in [1.807, 2.05) is 12.1 Å². The number of hydrogen-bond donors (Lipinski definition) is 2. The highest BCUT2D eigenvalue weighted by Crippen LogP contribution is 2.22. The summed E-state index contributed by atoms with van der Waals surface area (Å²) in [4.78, 5) is 0. The average Bonchev–Trinajstić information content (AvgIpc) is 2.89. The van der Waals surface area contributed by atoms with E-state index in [2.05, 4.69) is 18.3 Å². The third-order valence-corrected chi connectivity index (χ3v) is 3.68. The molecule has 1 unspecified atom stereocenters. The third-order valence-electron chi connectivity index (χ3n) is 3.68. The quantitative estimate of drug-likeness (QED) is 0.744. The predicted octanol–water partition coefficient (Wildman–Crippen LogP) is 3.93. The van der Waals surface area contributed by atoms with Crippen LogP contribution in [0.5, 0.6) is 5.75 Å². The Bertz CT molecular complexity index is 394. The monoisotopic (exact) mass is 245 g/mol. The van der Waals surface area contributed by atoms with Crippen molar-refractivity contribution in [1.29, 1.82) is 0 Å². The highest BCUT2D eigenvalue weighted by atomic mass is 16.3. The summed E-state index contributed by atoms with van der Waals surface area (Å²) in [6.45, 7) is 3.24. The van der Waals surface area contributed by atoms with Crippen LogP contribution < -0.4 is 5.32 Å². The number of benzene rings is 1. The Morgan fingerprint density at radius 3 is 2.67 bits per heavy atom. The van der Waals surface area contributed by atoms with E-state index in [-0.39, 0.29) is 0 Å². The lowest BCUT2D eigenvalue weighted by Crippen LogP contribution is -2.22. The zero-order chi connectivity index (χ0) is 12.8. The molecule has 0 heterocycles. The fourth-order valence-electron chi connectivity index (χ4n) is 2.58. The largest absolute Gasteiger partial charge is 0.508 e. The van der Waals surface area contributed by atoms with Gasteiger partial charge in [0.15, 0.2) is 0 Å². The summed E-state index contributed by atoms with van der Waals surface area (Å²) in [7, 11) is 0. The molecule has 1 aromatic carbocycles. The third kappa shape index (κ3) is 3.61. The fraction of sp³-hybridized carbons (Fsp3) is 0.500. The Morgan fingerprint density at radius 2 is 2.06 bits per heavy atom. The van der Waals surface area contributed by atoms with Gasteiger partial charge in [-0.05, 0) is 56.3 Å². The molecule has 0 aromatic heterocycles. The first-order valence-corrected chi connectivity index (χ1v) is 7.00. The molecule has 0 aliphatic heterocycles. The van der Waals surface area contributed by atoms with Crippen molar-refractivity contribution >= 4 is 0 Å². The second kappa shape index (κ2) is 6.60. The van der Waals surface area contributed by atoms with E-state index in [0.29, 0.717) is 11.8 Å². The Labute approximate surface area is 110 Å². The lowest BCUT2D eigenvalue weighted by Gasteiger charge is -2.17. The average molecular weight is 245 g/mol. The summed E-state index contributed by atoms with van der Waals surface area (Å²) < 4.78 is 0. The van der Waals surface area contributed by atoms with Crippen molar-refractivity contribution in [3.05, 3.63) is 41.5 Å². The van der Waals surface area contributed by atoms with Gasteiger partial charge in [-0.15, -0.1) is 0 Å². The zero-order valence-electron chi connectivity index (χ0n) is 11.2. The minimum Gasteiger partial charge on any atom is -0.508 e. The first-order chi connectivity index (χ1) is 8.79. The van der Waals surface area contributed by atoms with Crippen LogP contribution in [0.4, 0.5) is 0 Å². The van der Waals surface area contributed by atoms with Crippen molar-refractivity contribution in [1.82, 2.24) is 5.32 Å². The van der Waals surface area contributed by atoms with Crippen LogP contribution in [-0.2, 0) is 0 Å². The number of phenols is 1. The minimum absolute atomic E-state index is 0.338. The second-order valence-electron chi connectivity index (χ2n) is 5.01. The molecule has 2 heteroatoms. The Kier molecular flexibility index (Phi) is 4.82. The van der Waals surface area contributed by atoms with Crippen molar-refractivity contribution < 1.29 is 5.11 Å². The summed E-state index contributed by atoms with van der Waals surface area (Å²) in [6, 6.07) is 7.93.